The lowest BCUT2D eigenvalue weighted by Gasteiger charge is -2.15. The van der Waals surface area contributed by atoms with Crippen molar-refractivity contribution in [1.29, 1.82) is 0 Å². The molecule has 0 heterocycles. The lowest BCUT2D eigenvalue weighted by atomic mass is 10.1. The van der Waals surface area contributed by atoms with Gasteiger partial charge < -0.3 is 20.3 Å². The molecule has 1 amide bonds. The van der Waals surface area contributed by atoms with Crippen LogP contribution in [0, 0.1) is 0 Å². The number of carbonyl (C=O) groups excluding carboxylic acids is 2. The summed E-state index contributed by atoms with van der Waals surface area (Å²) in [5.41, 5.74) is 1.44. The SMILES string of the molecule is COC(=O)c1ccc(CN=C(NCCSc2ccccc2)NCC(=O)N(C)C)cc1.I. The van der Waals surface area contributed by atoms with Gasteiger partial charge in [0.05, 0.1) is 25.8 Å². The van der Waals surface area contributed by atoms with Crippen molar-refractivity contribution in [2.45, 2.75) is 11.4 Å². The van der Waals surface area contributed by atoms with Crippen molar-refractivity contribution in [2.75, 3.05) is 40.0 Å². The van der Waals surface area contributed by atoms with Crippen LogP contribution >= 0.6 is 35.7 Å². The van der Waals surface area contributed by atoms with Gasteiger partial charge in [-0.05, 0) is 29.8 Å². The lowest BCUT2D eigenvalue weighted by molar-refractivity contribution is -0.127. The fraction of sp³-hybridized carbons (Fsp3) is 0.318. The molecule has 0 aliphatic rings. The first kappa shape index (κ1) is 26.8. The van der Waals surface area contributed by atoms with E-state index >= 15 is 0 Å². The number of halogens is 1. The molecule has 0 aromatic heterocycles. The number of esters is 1. The number of nitrogens with one attached hydrogen (secondary N) is 2. The molecule has 0 saturated heterocycles. The van der Waals surface area contributed by atoms with E-state index in [2.05, 4.69) is 27.8 Å². The minimum absolute atomic E-state index is 0. The van der Waals surface area contributed by atoms with Crippen LogP contribution in [0.3, 0.4) is 0 Å². The fourth-order valence-electron chi connectivity index (χ4n) is 2.38. The van der Waals surface area contributed by atoms with E-state index in [1.54, 1.807) is 38.0 Å². The number of amides is 1. The van der Waals surface area contributed by atoms with Crippen LogP contribution in [0.2, 0.25) is 0 Å². The second-order valence-electron chi connectivity index (χ2n) is 6.58. The molecular weight excluding hydrogens is 527 g/mol. The number of guanidine groups is 1. The molecule has 7 nitrogen and oxygen atoms in total. The van der Waals surface area contributed by atoms with Gasteiger partial charge in [0.25, 0.3) is 0 Å². The minimum Gasteiger partial charge on any atom is -0.465 e. The topological polar surface area (TPSA) is 83.0 Å². The van der Waals surface area contributed by atoms with Gasteiger partial charge in [0.15, 0.2) is 5.96 Å². The summed E-state index contributed by atoms with van der Waals surface area (Å²) in [6.07, 6.45) is 0. The average Bonchev–Trinajstić information content (AvgIpc) is 2.78. The molecule has 0 radical (unpaired) electrons. The normalized spacial score (nSPS) is 10.6. The molecule has 0 fully saturated rings. The summed E-state index contributed by atoms with van der Waals surface area (Å²) in [4.78, 5) is 30.7. The van der Waals surface area contributed by atoms with Crippen LogP contribution in [0.1, 0.15) is 15.9 Å². The molecule has 31 heavy (non-hydrogen) atoms. The Hall–Kier alpha value is -2.27. The van der Waals surface area contributed by atoms with Crippen molar-refractivity contribution < 1.29 is 14.3 Å². The van der Waals surface area contributed by atoms with Gasteiger partial charge in [-0.3, -0.25) is 4.79 Å². The Morgan fingerprint density at radius 3 is 2.32 bits per heavy atom. The predicted octanol–water partition coefficient (Wildman–Crippen LogP) is 3.01. The molecular formula is C22H29IN4O3S. The van der Waals surface area contributed by atoms with Crippen LogP contribution < -0.4 is 10.6 Å². The largest absolute Gasteiger partial charge is 0.465 e. The second-order valence-corrected chi connectivity index (χ2v) is 7.75. The number of benzene rings is 2. The summed E-state index contributed by atoms with van der Waals surface area (Å²) in [6.45, 7) is 1.27. The van der Waals surface area contributed by atoms with Gasteiger partial charge in [0.2, 0.25) is 5.91 Å². The molecule has 0 spiro atoms. The molecule has 2 N–H and O–H groups in total. The highest BCUT2D eigenvalue weighted by Gasteiger charge is 2.07. The number of ether oxygens (including phenoxy) is 1. The fourth-order valence-corrected chi connectivity index (χ4v) is 3.17. The van der Waals surface area contributed by atoms with E-state index in [0.717, 1.165) is 11.3 Å². The summed E-state index contributed by atoms with van der Waals surface area (Å²) in [5, 5.41) is 6.34. The molecule has 2 rings (SSSR count). The first-order chi connectivity index (χ1) is 14.5. The number of rotatable bonds is 9. The Bertz CT molecular complexity index is 846. The standard InChI is InChI=1S/C22H28N4O3S.HI/c1-26(2)20(27)16-25-22(23-13-14-30-19-7-5-4-6-8-19)24-15-17-9-11-18(12-10-17)21(28)29-3;/h4-12H,13-16H2,1-3H3,(H2,23,24,25);1H. The summed E-state index contributed by atoms with van der Waals surface area (Å²) in [5.74, 6) is 1.02. The van der Waals surface area contributed by atoms with Gasteiger partial charge in [-0.1, -0.05) is 30.3 Å². The maximum absolute atomic E-state index is 11.9. The number of carbonyl (C=O) groups is 2. The maximum atomic E-state index is 11.9. The van der Waals surface area contributed by atoms with Gasteiger partial charge in [-0.15, -0.1) is 35.7 Å². The smallest absolute Gasteiger partial charge is 0.337 e. The average molecular weight is 556 g/mol. The van der Waals surface area contributed by atoms with Crippen LogP contribution in [0.4, 0.5) is 0 Å². The van der Waals surface area contributed by atoms with Crippen LogP contribution in [-0.2, 0) is 16.1 Å². The molecule has 0 unspecified atom stereocenters. The van der Waals surface area contributed by atoms with Crippen LogP contribution in [-0.4, -0.2) is 62.8 Å². The van der Waals surface area contributed by atoms with Crippen molar-refractivity contribution in [1.82, 2.24) is 15.5 Å². The Labute approximate surface area is 205 Å². The molecule has 0 bridgehead atoms. The van der Waals surface area contributed by atoms with E-state index in [9.17, 15) is 9.59 Å². The first-order valence-corrected chi connectivity index (χ1v) is 10.6. The van der Waals surface area contributed by atoms with E-state index in [1.807, 2.05) is 30.3 Å². The highest BCUT2D eigenvalue weighted by atomic mass is 127. The molecule has 2 aromatic carbocycles. The number of thioether (sulfide) groups is 1. The molecule has 2 aromatic rings. The number of hydrogen-bond donors (Lipinski definition) is 2. The Morgan fingerprint density at radius 1 is 1.03 bits per heavy atom. The molecule has 0 atom stereocenters. The summed E-state index contributed by atoms with van der Waals surface area (Å²) in [7, 11) is 4.79. The third-order valence-corrected chi connectivity index (χ3v) is 5.12. The second kappa shape index (κ2) is 14.7. The molecule has 168 valence electrons. The molecule has 0 aliphatic heterocycles. The van der Waals surface area contributed by atoms with Crippen LogP contribution in [0.5, 0.6) is 0 Å². The number of likely N-dealkylation sites (N-methyl/N-ethyl adjacent to an activating group) is 1. The number of aliphatic imine (C=N–C) groups is 1. The van der Waals surface area contributed by atoms with Crippen LogP contribution in [0.25, 0.3) is 0 Å². The van der Waals surface area contributed by atoms with Gasteiger partial charge >= 0.3 is 5.97 Å². The van der Waals surface area contributed by atoms with Crippen molar-refractivity contribution >= 4 is 53.6 Å². The molecule has 0 saturated carbocycles. The first-order valence-electron chi connectivity index (χ1n) is 9.57. The summed E-state index contributed by atoms with van der Waals surface area (Å²) in [6, 6.07) is 17.3. The quantitative estimate of drug-likeness (QED) is 0.124. The van der Waals surface area contributed by atoms with Gasteiger partial charge in [0.1, 0.15) is 0 Å². The van der Waals surface area contributed by atoms with Crippen LogP contribution in [0.15, 0.2) is 64.5 Å². The maximum Gasteiger partial charge on any atom is 0.337 e. The van der Waals surface area contributed by atoms with Gasteiger partial charge in [-0.25, -0.2) is 9.79 Å². The molecule has 0 aliphatic carbocycles. The zero-order valence-electron chi connectivity index (χ0n) is 18.0. The lowest BCUT2D eigenvalue weighted by Crippen LogP contribution is -2.43. The Balaban J connectivity index is 0.00000480. The van der Waals surface area contributed by atoms with E-state index in [-0.39, 0.29) is 42.4 Å². The predicted molar refractivity (Wildman–Crippen MR) is 136 cm³/mol. The summed E-state index contributed by atoms with van der Waals surface area (Å²) >= 11 is 1.75. The van der Waals surface area contributed by atoms with E-state index in [1.165, 1.54) is 16.9 Å². The Morgan fingerprint density at radius 2 is 1.71 bits per heavy atom. The van der Waals surface area contributed by atoms with Crippen molar-refractivity contribution in [3.05, 3.63) is 65.7 Å². The van der Waals surface area contributed by atoms with E-state index in [4.69, 9.17) is 4.74 Å². The Kier molecular flexibility index (Phi) is 12.7. The van der Waals surface area contributed by atoms with Crippen molar-refractivity contribution in [2.24, 2.45) is 4.99 Å². The highest BCUT2D eigenvalue weighted by molar-refractivity contribution is 14.0. The zero-order chi connectivity index (χ0) is 21.8. The van der Waals surface area contributed by atoms with Gasteiger partial charge in [-0.2, -0.15) is 0 Å². The number of nitrogens with zero attached hydrogens (tertiary/aromatic N) is 2. The summed E-state index contributed by atoms with van der Waals surface area (Å²) < 4.78 is 4.71. The van der Waals surface area contributed by atoms with Gasteiger partial charge in [0, 0.05) is 31.3 Å². The monoisotopic (exact) mass is 556 g/mol. The third-order valence-electron chi connectivity index (χ3n) is 4.11. The molecule has 9 heteroatoms. The van der Waals surface area contributed by atoms with E-state index in [0.29, 0.717) is 24.6 Å². The van der Waals surface area contributed by atoms with Crippen molar-refractivity contribution in [3.63, 3.8) is 0 Å². The number of hydrogen-bond acceptors (Lipinski definition) is 5. The number of methoxy groups -OCH3 is 1. The van der Waals surface area contributed by atoms with E-state index < -0.39 is 0 Å². The minimum atomic E-state index is -0.368. The third kappa shape index (κ3) is 10.1. The highest BCUT2D eigenvalue weighted by Crippen LogP contribution is 2.15. The zero-order valence-corrected chi connectivity index (χ0v) is 21.1. The van der Waals surface area contributed by atoms with Crippen molar-refractivity contribution in [3.8, 4) is 0 Å².